The first kappa shape index (κ1) is 12.2. The fourth-order valence-electron chi connectivity index (χ4n) is 1.81. The molecule has 88 valence electrons. The van der Waals surface area contributed by atoms with E-state index in [2.05, 4.69) is 4.98 Å². The average molecular weight is 268 g/mol. The zero-order valence-electron chi connectivity index (χ0n) is 9.47. The van der Waals surface area contributed by atoms with Gasteiger partial charge in [-0.2, -0.15) is 0 Å². The van der Waals surface area contributed by atoms with E-state index in [0.717, 1.165) is 11.3 Å². The Labute approximate surface area is 109 Å². The van der Waals surface area contributed by atoms with Crippen molar-refractivity contribution in [2.75, 3.05) is 0 Å². The minimum Gasteiger partial charge on any atom is -0.361 e. The maximum absolute atomic E-state index is 12.1. The third-order valence-corrected chi connectivity index (χ3v) is 3.35. The largest absolute Gasteiger partial charge is 0.361 e. The summed E-state index contributed by atoms with van der Waals surface area (Å²) >= 11 is 11.8. The monoisotopic (exact) mass is 267 g/mol. The number of hydrogen-bond donors (Lipinski definition) is 1. The minimum absolute atomic E-state index is 0.150. The molecule has 0 aliphatic carbocycles. The smallest absolute Gasteiger partial charge is 0.208 e. The van der Waals surface area contributed by atoms with Crippen LogP contribution >= 0.6 is 23.2 Å². The molecular formula is C13H11Cl2NO. The summed E-state index contributed by atoms with van der Waals surface area (Å²) in [6, 6.07) is 7.13. The Bertz CT molecular complexity index is 615. The lowest BCUT2D eigenvalue weighted by Gasteiger charge is -2.08. The average Bonchev–Trinajstić information content (AvgIpc) is 2.29. The van der Waals surface area contributed by atoms with Gasteiger partial charge in [0.25, 0.3) is 0 Å². The van der Waals surface area contributed by atoms with Crippen molar-refractivity contribution in [3.8, 4) is 11.1 Å². The Kier molecular flexibility index (Phi) is 3.27. The zero-order chi connectivity index (χ0) is 12.6. The molecule has 2 nitrogen and oxygen atoms in total. The van der Waals surface area contributed by atoms with Crippen molar-refractivity contribution >= 4 is 23.2 Å². The summed E-state index contributed by atoms with van der Waals surface area (Å²) in [7, 11) is 0. The first-order valence-corrected chi connectivity index (χ1v) is 5.91. The van der Waals surface area contributed by atoms with Crippen molar-refractivity contribution in [1.29, 1.82) is 0 Å². The Morgan fingerprint density at radius 2 is 1.59 bits per heavy atom. The van der Waals surface area contributed by atoms with Crippen LogP contribution in [0.5, 0.6) is 0 Å². The van der Waals surface area contributed by atoms with E-state index in [0.29, 0.717) is 16.3 Å². The summed E-state index contributed by atoms with van der Waals surface area (Å²) < 4.78 is 0. The minimum atomic E-state index is -0.150. The summed E-state index contributed by atoms with van der Waals surface area (Å²) in [4.78, 5) is 15.2. The van der Waals surface area contributed by atoms with E-state index in [1.54, 1.807) is 19.1 Å². The standard InChI is InChI=1S/C13H11Cl2NO/c1-7-11(9-3-5-10(14)6-4-9)13(17)12(15)8(2)16-7/h3-6H,1-2H3,(H,16,17). The number of halogens is 2. The fourth-order valence-corrected chi connectivity index (χ4v) is 2.08. The van der Waals surface area contributed by atoms with Crippen LogP contribution < -0.4 is 5.43 Å². The van der Waals surface area contributed by atoms with Crippen molar-refractivity contribution < 1.29 is 0 Å². The number of aromatic amines is 1. The van der Waals surface area contributed by atoms with Crippen molar-refractivity contribution in [2.45, 2.75) is 13.8 Å². The van der Waals surface area contributed by atoms with Gasteiger partial charge in [0.15, 0.2) is 0 Å². The number of pyridine rings is 1. The molecule has 2 aromatic rings. The van der Waals surface area contributed by atoms with Crippen LogP contribution in [0.15, 0.2) is 29.1 Å². The highest BCUT2D eigenvalue weighted by molar-refractivity contribution is 6.31. The Morgan fingerprint density at radius 3 is 2.18 bits per heavy atom. The summed E-state index contributed by atoms with van der Waals surface area (Å²) in [5.74, 6) is 0. The molecule has 17 heavy (non-hydrogen) atoms. The van der Waals surface area contributed by atoms with E-state index in [-0.39, 0.29) is 10.5 Å². The molecule has 0 aliphatic heterocycles. The second-order valence-corrected chi connectivity index (χ2v) is 4.71. The molecule has 0 saturated carbocycles. The molecule has 4 heteroatoms. The molecule has 0 amide bonds. The third kappa shape index (κ3) is 2.24. The van der Waals surface area contributed by atoms with E-state index < -0.39 is 0 Å². The fraction of sp³-hybridized carbons (Fsp3) is 0.154. The van der Waals surface area contributed by atoms with Crippen LogP contribution in [0.25, 0.3) is 11.1 Å². The molecule has 0 fully saturated rings. The van der Waals surface area contributed by atoms with Crippen molar-refractivity contribution in [1.82, 2.24) is 4.98 Å². The number of aryl methyl sites for hydroxylation is 2. The first-order valence-electron chi connectivity index (χ1n) is 5.15. The van der Waals surface area contributed by atoms with Crippen LogP contribution in [0.1, 0.15) is 11.4 Å². The maximum atomic E-state index is 12.1. The normalized spacial score (nSPS) is 10.6. The summed E-state index contributed by atoms with van der Waals surface area (Å²) in [6.07, 6.45) is 0. The van der Waals surface area contributed by atoms with Crippen LogP contribution in [0.4, 0.5) is 0 Å². The molecule has 0 radical (unpaired) electrons. The van der Waals surface area contributed by atoms with Gasteiger partial charge in [-0.15, -0.1) is 0 Å². The van der Waals surface area contributed by atoms with E-state index in [9.17, 15) is 4.79 Å². The molecule has 0 saturated heterocycles. The highest BCUT2D eigenvalue weighted by Gasteiger charge is 2.12. The van der Waals surface area contributed by atoms with Crippen LogP contribution in [0.2, 0.25) is 10.0 Å². The van der Waals surface area contributed by atoms with Crippen LogP contribution in [0, 0.1) is 13.8 Å². The van der Waals surface area contributed by atoms with Crippen LogP contribution in [-0.2, 0) is 0 Å². The molecule has 0 unspecified atom stereocenters. The van der Waals surface area contributed by atoms with Gasteiger partial charge < -0.3 is 4.98 Å². The lowest BCUT2D eigenvalue weighted by atomic mass is 10.0. The number of aromatic nitrogens is 1. The van der Waals surface area contributed by atoms with Gasteiger partial charge in [0.1, 0.15) is 5.02 Å². The predicted octanol–water partition coefficient (Wildman–Crippen LogP) is 3.97. The molecule has 1 aromatic heterocycles. The molecule has 0 atom stereocenters. The molecule has 1 aromatic carbocycles. The van der Waals surface area contributed by atoms with Gasteiger partial charge in [0.2, 0.25) is 5.43 Å². The van der Waals surface area contributed by atoms with Gasteiger partial charge in [-0.25, -0.2) is 0 Å². The lowest BCUT2D eigenvalue weighted by Crippen LogP contribution is -2.11. The Hall–Kier alpha value is -1.25. The van der Waals surface area contributed by atoms with Crippen molar-refractivity contribution in [2.24, 2.45) is 0 Å². The number of nitrogens with one attached hydrogen (secondary N) is 1. The SMILES string of the molecule is Cc1[nH]c(C)c(-c2ccc(Cl)cc2)c(=O)c1Cl. The second-order valence-electron chi connectivity index (χ2n) is 3.90. The number of hydrogen-bond acceptors (Lipinski definition) is 1. The first-order chi connectivity index (χ1) is 8.00. The van der Waals surface area contributed by atoms with Gasteiger partial charge in [0, 0.05) is 22.0 Å². The quantitative estimate of drug-likeness (QED) is 0.834. The molecule has 0 bridgehead atoms. The van der Waals surface area contributed by atoms with Gasteiger partial charge in [0.05, 0.1) is 0 Å². The summed E-state index contributed by atoms with van der Waals surface area (Å²) in [5.41, 5.74) is 2.75. The van der Waals surface area contributed by atoms with Crippen LogP contribution in [0.3, 0.4) is 0 Å². The van der Waals surface area contributed by atoms with E-state index in [1.807, 2.05) is 19.1 Å². The Balaban J connectivity index is 2.72. The van der Waals surface area contributed by atoms with Crippen LogP contribution in [-0.4, -0.2) is 4.98 Å². The van der Waals surface area contributed by atoms with Crippen molar-refractivity contribution in [3.63, 3.8) is 0 Å². The topological polar surface area (TPSA) is 32.9 Å². The summed E-state index contributed by atoms with van der Waals surface area (Å²) in [6.45, 7) is 3.64. The molecule has 0 aliphatic rings. The predicted molar refractivity (Wildman–Crippen MR) is 72.0 cm³/mol. The number of H-pyrrole nitrogens is 1. The van der Waals surface area contributed by atoms with E-state index in [4.69, 9.17) is 23.2 Å². The number of benzene rings is 1. The Morgan fingerprint density at radius 1 is 1.00 bits per heavy atom. The van der Waals surface area contributed by atoms with Gasteiger partial charge in [-0.3, -0.25) is 4.79 Å². The van der Waals surface area contributed by atoms with Gasteiger partial charge in [-0.1, -0.05) is 35.3 Å². The molecule has 1 N–H and O–H groups in total. The highest BCUT2D eigenvalue weighted by Crippen LogP contribution is 2.23. The number of rotatable bonds is 1. The van der Waals surface area contributed by atoms with Gasteiger partial charge >= 0.3 is 0 Å². The zero-order valence-corrected chi connectivity index (χ0v) is 11.0. The third-order valence-electron chi connectivity index (χ3n) is 2.64. The molecule has 1 heterocycles. The molecule has 0 spiro atoms. The molecular weight excluding hydrogens is 257 g/mol. The van der Waals surface area contributed by atoms with E-state index in [1.165, 1.54) is 0 Å². The maximum Gasteiger partial charge on any atom is 0.208 e. The van der Waals surface area contributed by atoms with E-state index >= 15 is 0 Å². The second kappa shape index (κ2) is 4.55. The highest BCUT2D eigenvalue weighted by atomic mass is 35.5. The molecule has 2 rings (SSSR count). The van der Waals surface area contributed by atoms with Crippen molar-refractivity contribution in [3.05, 3.63) is 55.9 Å². The lowest BCUT2D eigenvalue weighted by molar-refractivity contribution is 1.11. The summed E-state index contributed by atoms with van der Waals surface area (Å²) in [5, 5.41) is 0.876. The van der Waals surface area contributed by atoms with Gasteiger partial charge in [-0.05, 0) is 31.5 Å².